The maximum atomic E-state index is 4.22. The molecule has 14 heavy (non-hydrogen) atoms. The minimum atomic E-state index is 0.676. The first-order chi connectivity index (χ1) is 6.76. The molecule has 1 N–H and O–H groups in total. The molecule has 2 heteroatoms. The van der Waals surface area contributed by atoms with Crippen LogP contribution < -0.4 is 5.32 Å². The molecule has 0 aliphatic carbocycles. The highest BCUT2D eigenvalue weighted by atomic mass is 32.1. The number of hydrogen-bond acceptors (Lipinski definition) is 2. The van der Waals surface area contributed by atoms with Gasteiger partial charge in [0.2, 0.25) is 0 Å². The molecule has 0 bridgehead atoms. The lowest BCUT2D eigenvalue weighted by Crippen LogP contribution is -2.34. The molecule has 0 amide bonds. The number of thiol groups is 1. The summed E-state index contributed by atoms with van der Waals surface area (Å²) in [6, 6.07) is 0.676. The van der Waals surface area contributed by atoms with Crippen molar-refractivity contribution in [2.24, 2.45) is 5.92 Å². The van der Waals surface area contributed by atoms with Crippen molar-refractivity contribution in [3.63, 3.8) is 0 Å². The molecular weight excluding hydrogens is 190 g/mol. The molecule has 0 aromatic heterocycles. The smallest absolute Gasteiger partial charge is 0.00669 e. The van der Waals surface area contributed by atoms with Crippen LogP contribution in [0.25, 0.3) is 0 Å². The molecule has 86 valence electrons. The van der Waals surface area contributed by atoms with Crippen LogP contribution in [0.1, 0.15) is 52.9 Å². The minimum absolute atomic E-state index is 0.676. The monoisotopic (exact) mass is 217 g/mol. The minimum Gasteiger partial charge on any atom is -0.314 e. The molecule has 0 aromatic carbocycles. The third-order valence-corrected chi connectivity index (χ3v) is 3.14. The SMILES string of the molecule is CCCC(CCC)C(C)NCCCS. The number of hydrogen-bond donors (Lipinski definition) is 2. The van der Waals surface area contributed by atoms with Gasteiger partial charge in [-0.1, -0.05) is 26.7 Å². The summed E-state index contributed by atoms with van der Waals surface area (Å²) in [5, 5.41) is 3.60. The van der Waals surface area contributed by atoms with Gasteiger partial charge in [-0.15, -0.1) is 0 Å². The largest absolute Gasteiger partial charge is 0.314 e. The standard InChI is InChI=1S/C12H27NS/c1-4-7-12(8-5-2)11(3)13-9-6-10-14/h11-14H,4-10H2,1-3H3. The van der Waals surface area contributed by atoms with Crippen LogP contribution in [0, 0.1) is 5.92 Å². The third-order valence-electron chi connectivity index (χ3n) is 2.83. The highest BCUT2D eigenvalue weighted by Crippen LogP contribution is 2.17. The Morgan fingerprint density at radius 3 is 2.14 bits per heavy atom. The maximum Gasteiger partial charge on any atom is 0.00669 e. The van der Waals surface area contributed by atoms with Crippen molar-refractivity contribution in [3.8, 4) is 0 Å². The molecule has 0 aromatic rings. The summed E-state index contributed by atoms with van der Waals surface area (Å²) < 4.78 is 0. The van der Waals surface area contributed by atoms with E-state index in [-0.39, 0.29) is 0 Å². The van der Waals surface area contributed by atoms with Crippen molar-refractivity contribution in [2.45, 2.75) is 58.9 Å². The Kier molecular flexibility index (Phi) is 10.1. The summed E-state index contributed by atoms with van der Waals surface area (Å²) in [4.78, 5) is 0. The summed E-state index contributed by atoms with van der Waals surface area (Å²) in [5.74, 6) is 1.86. The molecule has 0 spiro atoms. The van der Waals surface area contributed by atoms with E-state index in [1.807, 2.05) is 0 Å². The molecule has 0 rings (SSSR count). The van der Waals surface area contributed by atoms with Crippen molar-refractivity contribution in [2.75, 3.05) is 12.3 Å². The van der Waals surface area contributed by atoms with Gasteiger partial charge in [0, 0.05) is 6.04 Å². The van der Waals surface area contributed by atoms with Crippen LogP contribution in [0.5, 0.6) is 0 Å². The van der Waals surface area contributed by atoms with Crippen molar-refractivity contribution in [3.05, 3.63) is 0 Å². The van der Waals surface area contributed by atoms with Crippen LogP contribution in [-0.4, -0.2) is 18.3 Å². The van der Waals surface area contributed by atoms with E-state index < -0.39 is 0 Å². The van der Waals surface area contributed by atoms with Crippen LogP contribution in [0.15, 0.2) is 0 Å². The summed E-state index contributed by atoms with van der Waals surface area (Å²) in [6.45, 7) is 8.01. The molecule has 0 aliphatic heterocycles. The Balaban J connectivity index is 3.69. The maximum absolute atomic E-state index is 4.22. The van der Waals surface area contributed by atoms with E-state index in [1.54, 1.807) is 0 Å². The van der Waals surface area contributed by atoms with Gasteiger partial charge in [-0.2, -0.15) is 12.6 Å². The fourth-order valence-corrected chi connectivity index (χ4v) is 2.12. The fourth-order valence-electron chi connectivity index (χ4n) is 1.96. The summed E-state index contributed by atoms with van der Waals surface area (Å²) in [7, 11) is 0. The van der Waals surface area contributed by atoms with Crippen LogP contribution in [0.2, 0.25) is 0 Å². The highest BCUT2D eigenvalue weighted by molar-refractivity contribution is 7.80. The molecule has 1 nitrogen and oxygen atoms in total. The average molecular weight is 217 g/mol. The third kappa shape index (κ3) is 6.72. The van der Waals surface area contributed by atoms with E-state index in [1.165, 1.54) is 32.1 Å². The van der Waals surface area contributed by atoms with Crippen molar-refractivity contribution in [1.82, 2.24) is 5.32 Å². The van der Waals surface area contributed by atoms with Crippen LogP contribution in [0.3, 0.4) is 0 Å². The molecule has 0 aliphatic rings. The zero-order valence-electron chi connectivity index (χ0n) is 10.1. The molecule has 0 saturated heterocycles. The molecular formula is C12H27NS. The van der Waals surface area contributed by atoms with Gasteiger partial charge in [-0.05, 0) is 44.4 Å². The summed E-state index contributed by atoms with van der Waals surface area (Å²) in [5.41, 5.74) is 0. The van der Waals surface area contributed by atoms with Gasteiger partial charge < -0.3 is 5.32 Å². The van der Waals surface area contributed by atoms with E-state index in [4.69, 9.17) is 0 Å². The van der Waals surface area contributed by atoms with E-state index in [0.29, 0.717) is 6.04 Å². The lowest BCUT2D eigenvalue weighted by atomic mass is 9.91. The quantitative estimate of drug-likeness (QED) is 0.445. The lowest BCUT2D eigenvalue weighted by molar-refractivity contribution is 0.329. The normalized spacial score (nSPS) is 13.5. The molecule has 0 saturated carbocycles. The van der Waals surface area contributed by atoms with Crippen LogP contribution in [-0.2, 0) is 0 Å². The molecule has 1 unspecified atom stereocenters. The predicted molar refractivity (Wildman–Crippen MR) is 69.2 cm³/mol. The van der Waals surface area contributed by atoms with Crippen LogP contribution in [0.4, 0.5) is 0 Å². The first-order valence-electron chi connectivity index (χ1n) is 6.10. The molecule has 0 radical (unpaired) electrons. The Labute approximate surface area is 95.5 Å². The first-order valence-corrected chi connectivity index (χ1v) is 6.73. The lowest BCUT2D eigenvalue weighted by Gasteiger charge is -2.24. The highest BCUT2D eigenvalue weighted by Gasteiger charge is 2.14. The summed E-state index contributed by atoms with van der Waals surface area (Å²) >= 11 is 4.22. The Bertz CT molecular complexity index is 111. The van der Waals surface area contributed by atoms with Crippen molar-refractivity contribution >= 4 is 12.6 Å². The van der Waals surface area contributed by atoms with Gasteiger partial charge in [0.05, 0.1) is 0 Å². The average Bonchev–Trinajstić information content (AvgIpc) is 2.18. The van der Waals surface area contributed by atoms with E-state index >= 15 is 0 Å². The van der Waals surface area contributed by atoms with Gasteiger partial charge in [0.1, 0.15) is 0 Å². The van der Waals surface area contributed by atoms with Gasteiger partial charge in [0.25, 0.3) is 0 Å². The second-order valence-electron chi connectivity index (χ2n) is 4.16. The molecule has 0 heterocycles. The van der Waals surface area contributed by atoms with E-state index in [2.05, 4.69) is 38.7 Å². The van der Waals surface area contributed by atoms with Crippen molar-refractivity contribution < 1.29 is 0 Å². The topological polar surface area (TPSA) is 12.0 Å². The zero-order valence-corrected chi connectivity index (χ0v) is 10.9. The fraction of sp³-hybridized carbons (Fsp3) is 1.00. The van der Waals surface area contributed by atoms with E-state index in [9.17, 15) is 0 Å². The van der Waals surface area contributed by atoms with Gasteiger partial charge >= 0.3 is 0 Å². The van der Waals surface area contributed by atoms with Gasteiger partial charge in [-0.3, -0.25) is 0 Å². The predicted octanol–water partition coefficient (Wildman–Crippen LogP) is 3.50. The van der Waals surface area contributed by atoms with Crippen molar-refractivity contribution in [1.29, 1.82) is 0 Å². The molecule has 0 fully saturated rings. The second kappa shape index (κ2) is 9.85. The summed E-state index contributed by atoms with van der Waals surface area (Å²) in [6.07, 6.45) is 6.52. The second-order valence-corrected chi connectivity index (χ2v) is 4.60. The number of nitrogens with one attached hydrogen (secondary N) is 1. The Hall–Kier alpha value is 0.310. The van der Waals surface area contributed by atoms with Gasteiger partial charge in [-0.25, -0.2) is 0 Å². The molecule has 1 atom stereocenters. The number of rotatable bonds is 9. The zero-order chi connectivity index (χ0) is 10.8. The Morgan fingerprint density at radius 2 is 1.71 bits per heavy atom. The Morgan fingerprint density at radius 1 is 1.14 bits per heavy atom. The van der Waals surface area contributed by atoms with E-state index in [0.717, 1.165) is 18.2 Å². The van der Waals surface area contributed by atoms with Gasteiger partial charge in [0.15, 0.2) is 0 Å². The first kappa shape index (κ1) is 14.3. The van der Waals surface area contributed by atoms with Crippen LogP contribution >= 0.6 is 12.6 Å².